The number of halogens is 2. The lowest BCUT2D eigenvalue weighted by Crippen LogP contribution is -2.35. The van der Waals surface area contributed by atoms with Gasteiger partial charge in [0.15, 0.2) is 5.82 Å². The number of rotatable bonds is 4. The average Bonchev–Trinajstić information content (AvgIpc) is 2.93. The van der Waals surface area contributed by atoms with Crippen molar-refractivity contribution in [2.24, 2.45) is 0 Å². The highest BCUT2D eigenvalue weighted by molar-refractivity contribution is 7.89. The van der Waals surface area contributed by atoms with E-state index < -0.39 is 32.3 Å². The predicted molar refractivity (Wildman–Crippen MR) is 75.6 cm³/mol. The molecule has 0 amide bonds. The van der Waals surface area contributed by atoms with Gasteiger partial charge in [-0.3, -0.25) is 0 Å². The van der Waals surface area contributed by atoms with E-state index in [4.69, 9.17) is 16.7 Å². The number of nitrogens with zero attached hydrogens (tertiary/aromatic N) is 1. The van der Waals surface area contributed by atoms with Crippen molar-refractivity contribution >= 4 is 27.6 Å². The van der Waals surface area contributed by atoms with Crippen LogP contribution in [0.15, 0.2) is 17.0 Å². The summed E-state index contributed by atoms with van der Waals surface area (Å²) in [5.41, 5.74) is -0.749. The summed E-state index contributed by atoms with van der Waals surface area (Å²) >= 11 is 5.72. The predicted octanol–water partition coefficient (Wildman–Crippen LogP) is 2.74. The molecule has 1 aliphatic carbocycles. The quantitative estimate of drug-likeness (QED) is 0.918. The van der Waals surface area contributed by atoms with Gasteiger partial charge in [0.05, 0.1) is 5.56 Å². The van der Waals surface area contributed by atoms with Gasteiger partial charge < -0.3 is 5.11 Å². The molecule has 1 N–H and O–H groups in total. The van der Waals surface area contributed by atoms with E-state index in [0.717, 1.165) is 29.3 Å². The molecule has 1 fully saturated rings. The van der Waals surface area contributed by atoms with Crippen LogP contribution in [0, 0.1) is 5.82 Å². The van der Waals surface area contributed by atoms with Crippen LogP contribution in [0.5, 0.6) is 0 Å². The molecule has 0 atom stereocenters. The van der Waals surface area contributed by atoms with Gasteiger partial charge in [-0.15, -0.1) is 0 Å². The maximum atomic E-state index is 14.2. The van der Waals surface area contributed by atoms with E-state index in [2.05, 4.69) is 0 Å². The SMILES string of the molecule is CN(C1CCCC1)S(=O)(=O)c1cc(Cl)cc(C(=O)O)c1F. The monoisotopic (exact) mass is 335 g/mol. The van der Waals surface area contributed by atoms with E-state index in [9.17, 15) is 17.6 Å². The third-order valence-electron chi connectivity index (χ3n) is 3.73. The van der Waals surface area contributed by atoms with Gasteiger partial charge >= 0.3 is 5.97 Å². The van der Waals surface area contributed by atoms with Gasteiger partial charge in [-0.2, -0.15) is 4.31 Å². The van der Waals surface area contributed by atoms with Crippen LogP contribution >= 0.6 is 11.6 Å². The van der Waals surface area contributed by atoms with Crippen molar-refractivity contribution in [3.05, 3.63) is 28.5 Å². The summed E-state index contributed by atoms with van der Waals surface area (Å²) in [6, 6.07) is 1.65. The first-order valence-corrected chi connectivity index (χ1v) is 8.27. The highest BCUT2D eigenvalue weighted by atomic mass is 35.5. The molecular weight excluding hydrogens is 321 g/mol. The Morgan fingerprint density at radius 3 is 2.48 bits per heavy atom. The fourth-order valence-electron chi connectivity index (χ4n) is 2.53. The Bertz CT molecular complexity index is 671. The second-order valence-corrected chi connectivity index (χ2v) is 7.43. The molecular formula is C13H15ClFNO4S. The first kappa shape index (κ1) is 16.2. The van der Waals surface area contributed by atoms with Crippen LogP contribution in [0.1, 0.15) is 36.0 Å². The minimum Gasteiger partial charge on any atom is -0.478 e. The van der Waals surface area contributed by atoms with Crippen LogP contribution in [0.2, 0.25) is 5.02 Å². The smallest absolute Gasteiger partial charge is 0.338 e. The summed E-state index contributed by atoms with van der Waals surface area (Å²) in [7, 11) is -2.74. The van der Waals surface area contributed by atoms with Gasteiger partial charge in [0, 0.05) is 18.1 Å². The summed E-state index contributed by atoms with van der Waals surface area (Å²) in [5.74, 6) is -2.84. The summed E-state index contributed by atoms with van der Waals surface area (Å²) in [6.45, 7) is 0. The van der Waals surface area contributed by atoms with E-state index in [0.29, 0.717) is 12.8 Å². The van der Waals surface area contributed by atoms with Crippen molar-refractivity contribution in [3.8, 4) is 0 Å². The molecule has 0 radical (unpaired) electrons. The molecule has 0 bridgehead atoms. The van der Waals surface area contributed by atoms with Crippen LogP contribution < -0.4 is 0 Å². The highest BCUT2D eigenvalue weighted by Gasteiger charge is 2.33. The lowest BCUT2D eigenvalue weighted by Gasteiger charge is -2.24. The molecule has 2 rings (SSSR count). The third kappa shape index (κ3) is 3.04. The number of sulfonamides is 1. The molecule has 1 aromatic rings. The van der Waals surface area contributed by atoms with Gasteiger partial charge in [0.2, 0.25) is 10.0 Å². The lowest BCUT2D eigenvalue weighted by atomic mass is 10.2. The average molecular weight is 336 g/mol. The van der Waals surface area contributed by atoms with Crippen molar-refractivity contribution in [1.29, 1.82) is 0 Å². The van der Waals surface area contributed by atoms with E-state index in [-0.39, 0.29) is 11.1 Å². The summed E-state index contributed by atoms with van der Waals surface area (Å²) in [5, 5.41) is 8.79. The molecule has 8 heteroatoms. The van der Waals surface area contributed by atoms with Gasteiger partial charge in [0.1, 0.15) is 4.90 Å². The number of hydrogen-bond donors (Lipinski definition) is 1. The van der Waals surface area contributed by atoms with Crippen LogP contribution in [-0.2, 0) is 10.0 Å². The Hall–Kier alpha value is -1.18. The molecule has 1 aromatic carbocycles. The third-order valence-corrected chi connectivity index (χ3v) is 5.86. The summed E-state index contributed by atoms with van der Waals surface area (Å²) in [6.07, 6.45) is 3.26. The molecule has 0 spiro atoms. The minimum atomic E-state index is -4.12. The fourth-order valence-corrected chi connectivity index (χ4v) is 4.34. The second kappa shape index (κ2) is 5.90. The van der Waals surface area contributed by atoms with Crippen molar-refractivity contribution in [2.75, 3.05) is 7.05 Å². The van der Waals surface area contributed by atoms with E-state index in [1.54, 1.807) is 0 Å². The van der Waals surface area contributed by atoms with Crippen LogP contribution in [-0.4, -0.2) is 36.9 Å². The Morgan fingerprint density at radius 2 is 1.95 bits per heavy atom. The Kier molecular flexibility index (Phi) is 4.55. The Morgan fingerprint density at radius 1 is 1.38 bits per heavy atom. The number of aromatic carboxylic acids is 1. The Balaban J connectivity index is 2.51. The van der Waals surface area contributed by atoms with Crippen LogP contribution in [0.3, 0.4) is 0 Å². The van der Waals surface area contributed by atoms with E-state index in [1.165, 1.54) is 7.05 Å². The molecule has 116 valence electrons. The number of carboxylic acids is 1. The van der Waals surface area contributed by atoms with Crippen molar-refractivity contribution in [3.63, 3.8) is 0 Å². The summed E-state index contributed by atoms with van der Waals surface area (Å²) in [4.78, 5) is 10.3. The first-order valence-electron chi connectivity index (χ1n) is 6.45. The van der Waals surface area contributed by atoms with Gasteiger partial charge in [-0.05, 0) is 25.0 Å². The molecule has 0 unspecified atom stereocenters. The molecule has 5 nitrogen and oxygen atoms in total. The molecule has 0 aromatic heterocycles. The zero-order chi connectivity index (χ0) is 15.8. The highest BCUT2D eigenvalue weighted by Crippen LogP contribution is 2.30. The van der Waals surface area contributed by atoms with Gasteiger partial charge in [-0.1, -0.05) is 24.4 Å². The zero-order valence-corrected chi connectivity index (χ0v) is 12.9. The molecule has 1 saturated carbocycles. The van der Waals surface area contributed by atoms with E-state index >= 15 is 0 Å². The minimum absolute atomic E-state index is 0.132. The zero-order valence-electron chi connectivity index (χ0n) is 11.3. The summed E-state index contributed by atoms with van der Waals surface area (Å²) < 4.78 is 40.3. The number of hydrogen-bond acceptors (Lipinski definition) is 3. The normalized spacial score (nSPS) is 16.6. The van der Waals surface area contributed by atoms with Crippen LogP contribution in [0.4, 0.5) is 4.39 Å². The second-order valence-electron chi connectivity index (χ2n) is 5.03. The standard InChI is InChI=1S/C13H15ClFNO4S/c1-16(9-4-2-3-5-9)21(19,20)11-7-8(14)6-10(12(11)15)13(17)18/h6-7,9H,2-5H2,1H3,(H,17,18). The number of carbonyl (C=O) groups is 1. The van der Waals surface area contributed by atoms with E-state index in [1.807, 2.05) is 0 Å². The maximum Gasteiger partial charge on any atom is 0.338 e. The molecule has 1 aliphatic rings. The van der Waals surface area contributed by atoms with Crippen molar-refractivity contribution in [2.45, 2.75) is 36.6 Å². The van der Waals surface area contributed by atoms with Gasteiger partial charge in [0.25, 0.3) is 0 Å². The van der Waals surface area contributed by atoms with Crippen LogP contribution in [0.25, 0.3) is 0 Å². The fraction of sp³-hybridized carbons (Fsp3) is 0.462. The largest absolute Gasteiger partial charge is 0.478 e. The topological polar surface area (TPSA) is 74.7 Å². The number of benzene rings is 1. The van der Waals surface area contributed by atoms with Crippen molar-refractivity contribution in [1.82, 2.24) is 4.31 Å². The molecule has 0 heterocycles. The molecule has 21 heavy (non-hydrogen) atoms. The maximum absolute atomic E-state index is 14.2. The van der Waals surface area contributed by atoms with Crippen molar-refractivity contribution < 1.29 is 22.7 Å². The van der Waals surface area contributed by atoms with Gasteiger partial charge in [-0.25, -0.2) is 17.6 Å². The first-order chi connectivity index (χ1) is 9.75. The number of carboxylic acid groups (broad SMARTS) is 1. The molecule has 0 aliphatic heterocycles. The molecule has 0 saturated heterocycles. The Labute approximate surface area is 127 Å². The lowest BCUT2D eigenvalue weighted by molar-refractivity contribution is 0.0691.